The average molecular weight is 480 g/mol. The van der Waals surface area contributed by atoms with Crippen molar-refractivity contribution in [2.45, 2.75) is 31.6 Å². The number of halogens is 1. The van der Waals surface area contributed by atoms with E-state index in [1.165, 1.54) is 29.1 Å². The number of benzene rings is 1. The number of hydrogen-bond donors (Lipinski definition) is 1. The molecule has 2 aromatic heterocycles. The normalized spacial score (nSPS) is 17.0. The predicted octanol–water partition coefficient (Wildman–Crippen LogP) is 4.36. The largest absolute Gasteiger partial charge is 0.463 e. The zero-order valence-corrected chi connectivity index (χ0v) is 18.7. The lowest BCUT2D eigenvalue weighted by atomic mass is 9.85. The minimum atomic E-state index is -0.528. The highest BCUT2D eigenvalue weighted by Crippen LogP contribution is 2.29. The second-order valence-corrected chi connectivity index (χ2v) is 8.69. The lowest BCUT2D eigenvalue weighted by Crippen LogP contribution is -2.23. The maximum atomic E-state index is 11.7. The van der Waals surface area contributed by atoms with E-state index in [2.05, 4.69) is 57.3 Å². The number of carbonyl (C=O) groups is 1. The number of fused-ring (bicyclic) bond motifs is 3. The molecule has 2 aliphatic carbocycles. The highest BCUT2D eigenvalue weighted by molar-refractivity contribution is 9.10. The van der Waals surface area contributed by atoms with Crippen molar-refractivity contribution >= 4 is 33.7 Å². The summed E-state index contributed by atoms with van der Waals surface area (Å²) in [4.78, 5) is 15.3. The highest BCUT2D eigenvalue weighted by atomic mass is 79.9. The molecule has 2 heterocycles. The molecule has 0 fully saturated rings. The Labute approximate surface area is 188 Å². The summed E-state index contributed by atoms with van der Waals surface area (Å²) >= 11 is 3.51. The van der Waals surface area contributed by atoms with Crippen molar-refractivity contribution < 1.29 is 18.7 Å². The number of hydrogen-bond acceptors (Lipinski definition) is 4. The van der Waals surface area contributed by atoms with Crippen LogP contribution in [0.4, 0.5) is 0 Å². The molecule has 0 spiro atoms. The summed E-state index contributed by atoms with van der Waals surface area (Å²) in [5, 5.41) is 2.18. The zero-order chi connectivity index (χ0) is 21.4. The minimum Gasteiger partial charge on any atom is -0.463 e. The Kier molecular flexibility index (Phi) is 5.32. The molecule has 1 atom stereocenters. The van der Waals surface area contributed by atoms with Crippen LogP contribution in [0.1, 0.15) is 46.0 Å². The van der Waals surface area contributed by atoms with E-state index >= 15 is 0 Å². The average Bonchev–Trinajstić information content (AvgIpc) is 3.41. The number of aromatic nitrogens is 1. The van der Waals surface area contributed by atoms with Gasteiger partial charge < -0.3 is 18.9 Å². The first-order chi connectivity index (χ1) is 15.1. The second kappa shape index (κ2) is 8.27. The summed E-state index contributed by atoms with van der Waals surface area (Å²) < 4.78 is 17.4. The monoisotopic (exact) mass is 479 g/mol. The van der Waals surface area contributed by atoms with Gasteiger partial charge in [0.2, 0.25) is 5.76 Å². The summed E-state index contributed by atoms with van der Waals surface area (Å²) in [6.45, 7) is 0. The molecule has 5 rings (SSSR count). The van der Waals surface area contributed by atoms with Crippen LogP contribution in [-0.4, -0.2) is 18.1 Å². The third kappa shape index (κ3) is 3.88. The third-order valence-electron chi connectivity index (χ3n) is 5.80. The first-order valence-electron chi connectivity index (χ1n) is 10.4. The fraction of sp³-hybridized carbons (Fsp3) is 0.240. The van der Waals surface area contributed by atoms with Crippen molar-refractivity contribution in [2.24, 2.45) is 0 Å². The molecule has 1 unspecified atom stereocenters. The first kappa shape index (κ1) is 19.9. The van der Waals surface area contributed by atoms with Gasteiger partial charge in [0.05, 0.1) is 12.5 Å². The maximum absolute atomic E-state index is 11.7. The van der Waals surface area contributed by atoms with Crippen molar-refractivity contribution in [3.63, 3.8) is 0 Å². The van der Waals surface area contributed by atoms with Crippen molar-refractivity contribution in [3.8, 4) is 5.95 Å². The van der Waals surface area contributed by atoms with Gasteiger partial charge >= 0.3 is 5.97 Å². The van der Waals surface area contributed by atoms with Crippen molar-refractivity contribution in [3.05, 3.63) is 86.2 Å². The van der Waals surface area contributed by atoms with Gasteiger partial charge in [-0.05, 0) is 66.6 Å². The summed E-state index contributed by atoms with van der Waals surface area (Å²) in [6.07, 6.45) is 10.7. The van der Waals surface area contributed by atoms with Crippen LogP contribution in [0.5, 0.6) is 5.95 Å². The Hall–Kier alpha value is -2.99. The molecule has 2 aliphatic rings. The van der Waals surface area contributed by atoms with E-state index in [1.807, 2.05) is 6.08 Å². The van der Waals surface area contributed by atoms with Crippen LogP contribution in [0.25, 0.3) is 11.8 Å². The van der Waals surface area contributed by atoms with Crippen LogP contribution in [0, 0.1) is 0 Å². The summed E-state index contributed by atoms with van der Waals surface area (Å²) in [5.74, 6) is 0.798. The van der Waals surface area contributed by atoms with Gasteiger partial charge in [0, 0.05) is 21.8 Å². The van der Waals surface area contributed by atoms with Gasteiger partial charge in [0.1, 0.15) is 0 Å². The molecular formula is C25H22BrNO4. The van der Waals surface area contributed by atoms with Gasteiger partial charge in [0.15, 0.2) is 5.76 Å². The number of methoxy groups -OCH3 is 1. The van der Waals surface area contributed by atoms with Crippen molar-refractivity contribution in [1.82, 2.24) is 4.98 Å². The molecule has 0 aliphatic heterocycles. The third-order valence-corrected chi connectivity index (χ3v) is 6.33. The number of allylic oxidation sites excluding steroid dienone is 1. The molecule has 3 aromatic rings. The second-order valence-electron chi connectivity index (χ2n) is 7.78. The van der Waals surface area contributed by atoms with E-state index < -0.39 is 5.97 Å². The van der Waals surface area contributed by atoms with Crippen molar-refractivity contribution in [2.75, 3.05) is 7.11 Å². The summed E-state index contributed by atoms with van der Waals surface area (Å²) in [6, 6.07) is 11.7. The van der Waals surface area contributed by atoms with Crippen LogP contribution in [0.15, 0.2) is 57.4 Å². The lowest BCUT2D eigenvalue weighted by Gasteiger charge is -2.19. The Morgan fingerprint density at radius 3 is 2.87 bits per heavy atom. The molecular weight excluding hydrogens is 458 g/mol. The van der Waals surface area contributed by atoms with Gasteiger partial charge in [-0.3, -0.25) is 0 Å². The highest BCUT2D eigenvalue weighted by Gasteiger charge is 2.25. The molecule has 158 valence electrons. The van der Waals surface area contributed by atoms with E-state index in [1.54, 1.807) is 12.1 Å². The quantitative estimate of drug-likeness (QED) is 0.552. The molecule has 5 nitrogen and oxygen atoms in total. The number of ether oxygens (including phenoxy) is 2. The van der Waals surface area contributed by atoms with Crippen molar-refractivity contribution in [1.29, 1.82) is 0 Å². The Bertz CT molecular complexity index is 1280. The number of nitrogens with one attached hydrogen (secondary N) is 1. The smallest absolute Gasteiger partial charge is 0.374 e. The van der Waals surface area contributed by atoms with Gasteiger partial charge in [-0.15, -0.1) is 0 Å². The molecule has 6 heteroatoms. The molecule has 31 heavy (non-hydrogen) atoms. The predicted molar refractivity (Wildman–Crippen MR) is 121 cm³/mol. The fourth-order valence-corrected chi connectivity index (χ4v) is 4.62. The van der Waals surface area contributed by atoms with Gasteiger partial charge in [0.25, 0.3) is 5.95 Å². The minimum absolute atomic E-state index is 0.116. The molecule has 0 saturated heterocycles. The number of esters is 1. The number of rotatable bonds is 5. The van der Waals surface area contributed by atoms with E-state index in [-0.39, 0.29) is 17.6 Å². The number of aromatic amines is 1. The molecule has 1 N–H and O–H groups in total. The zero-order valence-electron chi connectivity index (χ0n) is 17.1. The number of H-pyrrole nitrogens is 1. The Balaban J connectivity index is 1.54. The lowest BCUT2D eigenvalue weighted by molar-refractivity contribution is 0.0560. The number of furan rings is 1. The molecule has 0 saturated carbocycles. The SMILES string of the molecule is COC(=O)c1ccc(OC2=c3[nH]c4c(c3C(Cc3ccc(Br)cc3)C=C2)CCCC=4)o1. The van der Waals surface area contributed by atoms with Crippen LogP contribution in [0.3, 0.4) is 0 Å². The summed E-state index contributed by atoms with van der Waals surface area (Å²) in [5.41, 5.74) is 3.96. The standard InChI is InChI=1S/C25H22BrNO4/c1-29-25(28)21-12-13-22(31-21)30-20-11-8-16(14-15-6-9-17(26)10-7-15)23-18-4-2-3-5-19(18)27-24(20)23/h5-13,16,27H,2-4,14H2,1H3. The summed E-state index contributed by atoms with van der Waals surface area (Å²) in [7, 11) is 1.32. The van der Waals surface area contributed by atoms with Crippen LogP contribution >= 0.6 is 15.9 Å². The molecule has 0 amide bonds. The Morgan fingerprint density at radius 2 is 2.06 bits per heavy atom. The Morgan fingerprint density at radius 1 is 1.23 bits per heavy atom. The van der Waals surface area contributed by atoms with Gasteiger partial charge in [-0.2, -0.15) is 0 Å². The molecule has 1 aromatic carbocycles. The molecule has 0 bridgehead atoms. The van der Waals surface area contributed by atoms with Crippen LogP contribution < -0.4 is 15.4 Å². The van der Waals surface area contributed by atoms with Crippen LogP contribution in [-0.2, 0) is 17.6 Å². The van der Waals surface area contributed by atoms with E-state index in [0.717, 1.165) is 35.5 Å². The topological polar surface area (TPSA) is 64.5 Å². The van der Waals surface area contributed by atoms with Gasteiger partial charge in [-0.25, -0.2) is 4.79 Å². The number of carbonyl (C=O) groups excluding carboxylic acids is 1. The van der Waals surface area contributed by atoms with E-state index in [4.69, 9.17) is 13.9 Å². The van der Waals surface area contributed by atoms with Gasteiger partial charge in [-0.1, -0.05) is 40.2 Å². The maximum Gasteiger partial charge on any atom is 0.374 e. The van der Waals surface area contributed by atoms with E-state index in [9.17, 15) is 4.79 Å². The first-order valence-corrected chi connectivity index (χ1v) is 11.2. The fourth-order valence-electron chi connectivity index (χ4n) is 4.35. The molecule has 0 radical (unpaired) electrons. The van der Waals surface area contributed by atoms with E-state index in [0.29, 0.717) is 5.76 Å². The van der Waals surface area contributed by atoms with Crippen LogP contribution in [0.2, 0.25) is 0 Å².